The molecule has 0 N–H and O–H groups in total. The zero-order valence-corrected chi connectivity index (χ0v) is 15.1. The quantitative estimate of drug-likeness (QED) is 0.493. The molecule has 0 radical (unpaired) electrons. The lowest BCUT2D eigenvalue weighted by Gasteiger charge is -2.12. The van der Waals surface area contributed by atoms with Crippen molar-refractivity contribution in [2.75, 3.05) is 6.79 Å². The predicted molar refractivity (Wildman–Crippen MR) is 103 cm³/mol. The Balaban J connectivity index is 1.48. The van der Waals surface area contributed by atoms with Crippen molar-refractivity contribution in [3.63, 3.8) is 0 Å². The van der Waals surface area contributed by atoms with E-state index < -0.39 is 0 Å². The molecule has 0 unspecified atom stereocenters. The molecule has 2 aliphatic rings. The summed E-state index contributed by atoms with van der Waals surface area (Å²) in [7, 11) is 0. The maximum Gasteiger partial charge on any atom is 0.231 e. The van der Waals surface area contributed by atoms with Gasteiger partial charge in [-0.05, 0) is 37.0 Å². The normalized spacial score (nSPS) is 16.0. The summed E-state index contributed by atoms with van der Waals surface area (Å²) in [5.41, 5.74) is 5.21. The van der Waals surface area contributed by atoms with E-state index in [0.29, 0.717) is 12.5 Å². The molecule has 5 rings (SSSR count). The molecular formula is C22H20N2O3. The van der Waals surface area contributed by atoms with E-state index >= 15 is 0 Å². The maximum absolute atomic E-state index is 5.69. The lowest BCUT2D eigenvalue weighted by atomic mass is 9.99. The number of hydrogen-bond acceptors (Lipinski definition) is 5. The van der Waals surface area contributed by atoms with E-state index in [4.69, 9.17) is 14.3 Å². The Morgan fingerprint density at radius 1 is 1.15 bits per heavy atom. The van der Waals surface area contributed by atoms with Crippen LogP contribution in [0.4, 0.5) is 0 Å². The van der Waals surface area contributed by atoms with Gasteiger partial charge in [-0.15, -0.1) is 0 Å². The Bertz CT molecular complexity index is 1030. The Labute approximate surface area is 157 Å². The average molecular weight is 360 g/mol. The third-order valence-electron chi connectivity index (χ3n) is 5.11. The molecule has 1 aromatic heterocycles. The molecule has 5 nitrogen and oxygen atoms in total. The second-order valence-electron chi connectivity index (χ2n) is 7.03. The number of benzene rings is 2. The molecule has 0 amide bonds. The number of rotatable bonds is 5. The highest BCUT2D eigenvalue weighted by Crippen LogP contribution is 2.39. The van der Waals surface area contributed by atoms with Gasteiger partial charge in [0.2, 0.25) is 6.79 Å². The van der Waals surface area contributed by atoms with E-state index in [9.17, 15) is 0 Å². The highest BCUT2D eigenvalue weighted by Gasteiger charge is 2.31. The Hall–Kier alpha value is -3.08. The van der Waals surface area contributed by atoms with Crippen LogP contribution in [0.25, 0.3) is 10.9 Å². The molecule has 0 bridgehead atoms. The largest absolute Gasteiger partial charge is 0.454 e. The van der Waals surface area contributed by atoms with Gasteiger partial charge in [0.15, 0.2) is 11.5 Å². The van der Waals surface area contributed by atoms with Crippen LogP contribution in [0.5, 0.6) is 11.5 Å². The summed E-state index contributed by atoms with van der Waals surface area (Å²) < 4.78 is 11.0. The molecule has 1 saturated carbocycles. The molecule has 136 valence electrons. The summed E-state index contributed by atoms with van der Waals surface area (Å²) in [5, 5.41) is 5.58. The second kappa shape index (κ2) is 6.58. The van der Waals surface area contributed by atoms with Crippen LogP contribution in [0.1, 0.15) is 29.5 Å². The number of ether oxygens (including phenoxy) is 2. The van der Waals surface area contributed by atoms with Crippen LogP contribution in [-0.2, 0) is 11.4 Å². The third-order valence-corrected chi connectivity index (χ3v) is 5.11. The lowest BCUT2D eigenvalue weighted by Crippen LogP contribution is -2.08. The van der Waals surface area contributed by atoms with Crippen molar-refractivity contribution >= 4 is 16.6 Å². The first-order valence-electron chi connectivity index (χ1n) is 9.23. The van der Waals surface area contributed by atoms with E-state index in [1.54, 1.807) is 0 Å². The second-order valence-corrected chi connectivity index (χ2v) is 7.03. The summed E-state index contributed by atoms with van der Waals surface area (Å²) in [6.45, 7) is 2.84. The van der Waals surface area contributed by atoms with Gasteiger partial charge >= 0.3 is 0 Å². The van der Waals surface area contributed by atoms with Gasteiger partial charge in [0.1, 0.15) is 6.61 Å². The van der Waals surface area contributed by atoms with Gasteiger partial charge in [0.25, 0.3) is 0 Å². The molecule has 2 heterocycles. The van der Waals surface area contributed by atoms with Crippen LogP contribution in [0, 0.1) is 12.8 Å². The van der Waals surface area contributed by atoms with Crippen molar-refractivity contribution in [2.45, 2.75) is 26.4 Å². The molecule has 2 aromatic carbocycles. The zero-order valence-electron chi connectivity index (χ0n) is 15.1. The first kappa shape index (κ1) is 16.1. The highest BCUT2D eigenvalue weighted by molar-refractivity contribution is 6.07. The van der Waals surface area contributed by atoms with Crippen molar-refractivity contribution in [1.29, 1.82) is 0 Å². The number of aromatic nitrogens is 1. The maximum atomic E-state index is 5.69. The van der Waals surface area contributed by atoms with Crippen LogP contribution >= 0.6 is 0 Å². The molecule has 0 saturated heterocycles. The Kier molecular flexibility index (Phi) is 3.93. The molecule has 1 aliphatic heterocycles. The van der Waals surface area contributed by atoms with E-state index in [2.05, 4.69) is 17.1 Å². The summed E-state index contributed by atoms with van der Waals surface area (Å²) in [6, 6.07) is 14.0. The number of fused-ring (bicyclic) bond motifs is 2. The molecular weight excluding hydrogens is 340 g/mol. The predicted octanol–water partition coefficient (Wildman–Crippen LogP) is 4.60. The SMILES string of the molecule is Cc1c(/C(=N/OCc2ccccc2)C2CC2)cnc2cc3c(cc12)OCO3. The molecule has 1 fully saturated rings. The zero-order chi connectivity index (χ0) is 18.2. The van der Waals surface area contributed by atoms with Gasteiger partial charge in [0, 0.05) is 29.1 Å². The fourth-order valence-electron chi connectivity index (χ4n) is 3.42. The summed E-state index contributed by atoms with van der Waals surface area (Å²) >= 11 is 0. The minimum atomic E-state index is 0.264. The number of oxime groups is 1. The third kappa shape index (κ3) is 3.10. The Morgan fingerprint density at radius 2 is 1.93 bits per heavy atom. The molecule has 0 spiro atoms. The smallest absolute Gasteiger partial charge is 0.231 e. The standard InChI is InChI=1S/C22H20N2O3/c1-14-17-9-20-21(26-13-25-20)10-19(17)23-11-18(14)22(16-7-8-16)24-27-12-15-5-3-2-4-6-15/h2-6,9-11,16H,7-8,12-13H2,1H3/b24-22+. The number of pyridine rings is 1. The van der Waals surface area contributed by atoms with E-state index in [-0.39, 0.29) is 6.79 Å². The van der Waals surface area contributed by atoms with Gasteiger partial charge in [-0.1, -0.05) is 35.5 Å². The lowest BCUT2D eigenvalue weighted by molar-refractivity contribution is 0.130. The summed E-state index contributed by atoms with van der Waals surface area (Å²) in [5.74, 6) is 1.98. The highest BCUT2D eigenvalue weighted by atomic mass is 16.7. The average Bonchev–Trinajstić information content (AvgIpc) is 3.43. The first-order chi connectivity index (χ1) is 13.3. The van der Waals surface area contributed by atoms with Gasteiger partial charge in [0.05, 0.1) is 11.2 Å². The van der Waals surface area contributed by atoms with Crippen LogP contribution in [0.15, 0.2) is 53.8 Å². The van der Waals surface area contributed by atoms with Crippen LogP contribution in [0.3, 0.4) is 0 Å². The monoisotopic (exact) mass is 360 g/mol. The van der Waals surface area contributed by atoms with E-state index in [0.717, 1.165) is 57.6 Å². The van der Waals surface area contributed by atoms with Crippen molar-refractivity contribution in [2.24, 2.45) is 11.1 Å². The topological polar surface area (TPSA) is 52.9 Å². The molecule has 5 heteroatoms. The van der Waals surface area contributed by atoms with Crippen molar-refractivity contribution < 1.29 is 14.3 Å². The van der Waals surface area contributed by atoms with Crippen LogP contribution in [0.2, 0.25) is 0 Å². The fourth-order valence-corrected chi connectivity index (χ4v) is 3.42. The minimum absolute atomic E-state index is 0.264. The van der Waals surface area contributed by atoms with Crippen molar-refractivity contribution in [1.82, 2.24) is 4.98 Å². The van der Waals surface area contributed by atoms with Gasteiger partial charge < -0.3 is 14.3 Å². The Morgan fingerprint density at radius 3 is 2.70 bits per heavy atom. The fraction of sp³-hybridized carbons (Fsp3) is 0.273. The summed E-state index contributed by atoms with van der Waals surface area (Å²) in [4.78, 5) is 10.3. The van der Waals surface area contributed by atoms with E-state index in [1.165, 1.54) is 0 Å². The van der Waals surface area contributed by atoms with Gasteiger partial charge in [-0.25, -0.2) is 0 Å². The van der Waals surface area contributed by atoms with Gasteiger partial charge in [-0.2, -0.15) is 0 Å². The molecule has 0 atom stereocenters. The number of aryl methyl sites for hydroxylation is 1. The van der Waals surface area contributed by atoms with Crippen LogP contribution in [-0.4, -0.2) is 17.5 Å². The summed E-state index contributed by atoms with van der Waals surface area (Å²) in [6.07, 6.45) is 4.20. The number of nitrogens with zero attached hydrogens (tertiary/aromatic N) is 2. The minimum Gasteiger partial charge on any atom is -0.454 e. The molecule has 3 aromatic rings. The van der Waals surface area contributed by atoms with E-state index in [1.807, 2.05) is 48.7 Å². The van der Waals surface area contributed by atoms with Crippen LogP contribution < -0.4 is 9.47 Å². The first-order valence-corrected chi connectivity index (χ1v) is 9.23. The molecule has 1 aliphatic carbocycles. The van der Waals surface area contributed by atoms with Crippen molar-refractivity contribution in [3.05, 3.63) is 65.4 Å². The molecule has 27 heavy (non-hydrogen) atoms. The van der Waals surface area contributed by atoms with Crippen molar-refractivity contribution in [3.8, 4) is 11.5 Å². The van der Waals surface area contributed by atoms with Gasteiger partial charge in [-0.3, -0.25) is 4.98 Å². The number of hydrogen-bond donors (Lipinski definition) is 0.